The van der Waals surface area contributed by atoms with E-state index in [0.717, 1.165) is 12.8 Å². The van der Waals surface area contributed by atoms with Gasteiger partial charge in [0.15, 0.2) is 0 Å². The van der Waals surface area contributed by atoms with Crippen molar-refractivity contribution >= 4 is 5.97 Å². The highest BCUT2D eigenvalue weighted by Crippen LogP contribution is 2.22. The van der Waals surface area contributed by atoms with Crippen molar-refractivity contribution in [3.05, 3.63) is 0 Å². The van der Waals surface area contributed by atoms with Crippen molar-refractivity contribution in [3.63, 3.8) is 0 Å². The summed E-state index contributed by atoms with van der Waals surface area (Å²) in [4.78, 5) is 10.6. The van der Waals surface area contributed by atoms with Gasteiger partial charge in [0.25, 0.3) is 0 Å². The average Bonchev–Trinajstić information content (AvgIpc) is 2.08. The highest BCUT2D eigenvalue weighted by Gasteiger charge is 2.11. The summed E-state index contributed by atoms with van der Waals surface area (Å²) in [5.41, 5.74) is 0.439. The van der Waals surface area contributed by atoms with Gasteiger partial charge in [-0.3, -0.25) is 4.79 Å². The van der Waals surface area contributed by atoms with E-state index in [0.29, 0.717) is 5.41 Å². The average molecular weight is 214 g/mol. The van der Waals surface area contributed by atoms with Crippen molar-refractivity contribution in [2.24, 2.45) is 11.3 Å². The first-order chi connectivity index (χ1) is 6.83. The van der Waals surface area contributed by atoms with Crippen molar-refractivity contribution in [3.8, 4) is 0 Å². The van der Waals surface area contributed by atoms with E-state index in [9.17, 15) is 4.79 Å². The van der Waals surface area contributed by atoms with E-state index in [1.54, 1.807) is 6.92 Å². The lowest BCUT2D eigenvalue weighted by atomic mass is 9.89. The Hall–Kier alpha value is -0.530. The number of carbonyl (C=O) groups is 1. The molecular weight excluding hydrogens is 188 g/mol. The molecule has 1 atom stereocenters. The fraction of sp³-hybridized carbons (Fsp3) is 0.923. The number of aliphatic carboxylic acids is 1. The van der Waals surface area contributed by atoms with Crippen LogP contribution in [-0.2, 0) is 4.79 Å². The Morgan fingerprint density at radius 3 is 2.13 bits per heavy atom. The highest BCUT2D eigenvalue weighted by molar-refractivity contribution is 5.69. The molecule has 0 heterocycles. The van der Waals surface area contributed by atoms with Crippen LogP contribution in [0.1, 0.15) is 66.2 Å². The van der Waals surface area contributed by atoms with Gasteiger partial charge in [0.2, 0.25) is 0 Å². The van der Waals surface area contributed by atoms with Gasteiger partial charge in [-0.05, 0) is 18.3 Å². The van der Waals surface area contributed by atoms with Gasteiger partial charge in [0.1, 0.15) is 0 Å². The maximum absolute atomic E-state index is 10.6. The number of unbranched alkanes of at least 4 members (excludes halogenated alkanes) is 3. The second kappa shape index (κ2) is 6.86. The lowest BCUT2D eigenvalue weighted by molar-refractivity contribution is -0.141. The number of rotatable bonds is 7. The molecule has 15 heavy (non-hydrogen) atoms. The molecular formula is C13H26O2. The number of hydrogen-bond acceptors (Lipinski definition) is 1. The van der Waals surface area contributed by atoms with Crippen LogP contribution in [0.5, 0.6) is 0 Å². The topological polar surface area (TPSA) is 37.3 Å². The van der Waals surface area contributed by atoms with Crippen molar-refractivity contribution in [1.82, 2.24) is 0 Å². The van der Waals surface area contributed by atoms with Gasteiger partial charge in [-0.1, -0.05) is 53.4 Å². The van der Waals surface area contributed by atoms with E-state index < -0.39 is 5.97 Å². The molecule has 0 spiro atoms. The van der Waals surface area contributed by atoms with Crippen molar-refractivity contribution < 1.29 is 9.90 Å². The van der Waals surface area contributed by atoms with Gasteiger partial charge < -0.3 is 5.11 Å². The Balaban J connectivity index is 3.29. The van der Waals surface area contributed by atoms with Crippen LogP contribution in [0, 0.1) is 11.3 Å². The van der Waals surface area contributed by atoms with E-state index >= 15 is 0 Å². The molecule has 2 heteroatoms. The zero-order valence-electron chi connectivity index (χ0n) is 10.7. The molecule has 0 aromatic carbocycles. The molecule has 0 aromatic heterocycles. The molecule has 0 bridgehead atoms. The molecule has 0 amide bonds. The van der Waals surface area contributed by atoms with Crippen LogP contribution in [0.2, 0.25) is 0 Å². The standard InChI is InChI=1S/C13H26O2/c1-11(12(14)15)9-7-5-6-8-10-13(2,3)4/h11H,5-10H2,1-4H3,(H,14,15). The molecule has 90 valence electrons. The molecule has 1 unspecified atom stereocenters. The molecule has 0 rings (SSSR count). The van der Waals surface area contributed by atoms with Gasteiger partial charge >= 0.3 is 5.97 Å². The first kappa shape index (κ1) is 14.5. The lowest BCUT2D eigenvalue weighted by Crippen LogP contribution is -2.09. The Morgan fingerprint density at radius 2 is 1.67 bits per heavy atom. The van der Waals surface area contributed by atoms with Crippen LogP contribution in [0.4, 0.5) is 0 Å². The van der Waals surface area contributed by atoms with E-state index in [2.05, 4.69) is 20.8 Å². The third kappa shape index (κ3) is 9.77. The summed E-state index contributed by atoms with van der Waals surface area (Å²) >= 11 is 0. The highest BCUT2D eigenvalue weighted by atomic mass is 16.4. The van der Waals surface area contributed by atoms with Crippen molar-refractivity contribution in [1.29, 1.82) is 0 Å². The summed E-state index contributed by atoms with van der Waals surface area (Å²) in [5, 5.41) is 8.69. The molecule has 0 radical (unpaired) electrons. The quantitative estimate of drug-likeness (QED) is 0.648. The van der Waals surface area contributed by atoms with Crippen molar-refractivity contribution in [2.45, 2.75) is 66.2 Å². The van der Waals surface area contributed by atoms with Crippen LogP contribution in [-0.4, -0.2) is 11.1 Å². The van der Waals surface area contributed by atoms with Crippen LogP contribution < -0.4 is 0 Å². The van der Waals surface area contributed by atoms with Crippen LogP contribution in [0.3, 0.4) is 0 Å². The summed E-state index contributed by atoms with van der Waals surface area (Å²) in [6.45, 7) is 8.58. The number of carboxylic acids is 1. The van der Waals surface area contributed by atoms with Crippen LogP contribution in [0.25, 0.3) is 0 Å². The van der Waals surface area contributed by atoms with E-state index in [4.69, 9.17) is 5.11 Å². The first-order valence-corrected chi connectivity index (χ1v) is 6.06. The molecule has 1 N–H and O–H groups in total. The van der Waals surface area contributed by atoms with Gasteiger partial charge in [0, 0.05) is 0 Å². The largest absolute Gasteiger partial charge is 0.481 e. The third-order valence-corrected chi connectivity index (χ3v) is 2.74. The molecule has 0 fully saturated rings. The van der Waals surface area contributed by atoms with E-state index in [1.165, 1.54) is 25.7 Å². The zero-order valence-corrected chi connectivity index (χ0v) is 10.7. The lowest BCUT2D eigenvalue weighted by Gasteiger charge is -2.17. The summed E-state index contributed by atoms with van der Waals surface area (Å²) in [5.74, 6) is -0.836. The molecule has 0 aliphatic carbocycles. The summed E-state index contributed by atoms with van der Waals surface area (Å²) in [6.07, 6.45) is 6.83. The summed E-state index contributed by atoms with van der Waals surface area (Å²) in [7, 11) is 0. The predicted molar refractivity (Wildman–Crippen MR) is 64.0 cm³/mol. The van der Waals surface area contributed by atoms with Gasteiger partial charge in [-0.25, -0.2) is 0 Å². The normalized spacial score (nSPS) is 13.9. The fourth-order valence-corrected chi connectivity index (χ4v) is 1.58. The van der Waals surface area contributed by atoms with Crippen molar-refractivity contribution in [2.75, 3.05) is 0 Å². The smallest absolute Gasteiger partial charge is 0.306 e. The molecule has 0 saturated carbocycles. The molecule has 2 nitrogen and oxygen atoms in total. The Morgan fingerprint density at radius 1 is 1.13 bits per heavy atom. The summed E-state index contributed by atoms with van der Waals surface area (Å²) < 4.78 is 0. The maximum Gasteiger partial charge on any atom is 0.306 e. The Labute approximate surface area is 94.1 Å². The maximum atomic E-state index is 10.6. The SMILES string of the molecule is CC(CCCCCCC(C)(C)C)C(=O)O. The second-order valence-electron chi connectivity index (χ2n) is 5.75. The second-order valence-corrected chi connectivity index (χ2v) is 5.75. The predicted octanol–water partition coefficient (Wildman–Crippen LogP) is 4.09. The Kier molecular flexibility index (Phi) is 6.62. The number of carboxylic acid groups (broad SMARTS) is 1. The minimum atomic E-state index is -0.662. The first-order valence-electron chi connectivity index (χ1n) is 6.06. The zero-order chi connectivity index (χ0) is 11.9. The molecule has 0 aromatic rings. The minimum Gasteiger partial charge on any atom is -0.481 e. The number of hydrogen-bond donors (Lipinski definition) is 1. The van der Waals surface area contributed by atoms with Gasteiger partial charge in [-0.15, -0.1) is 0 Å². The molecule has 0 aliphatic heterocycles. The minimum absolute atomic E-state index is 0.174. The van der Waals surface area contributed by atoms with Gasteiger partial charge in [0.05, 0.1) is 5.92 Å². The summed E-state index contributed by atoms with van der Waals surface area (Å²) in [6, 6.07) is 0. The Bertz CT molecular complexity index is 179. The van der Waals surface area contributed by atoms with Crippen LogP contribution >= 0.6 is 0 Å². The fourth-order valence-electron chi connectivity index (χ4n) is 1.58. The van der Waals surface area contributed by atoms with Gasteiger partial charge in [-0.2, -0.15) is 0 Å². The molecule has 0 saturated heterocycles. The molecule has 0 aliphatic rings. The van der Waals surface area contributed by atoms with E-state index in [1.807, 2.05) is 0 Å². The third-order valence-electron chi connectivity index (χ3n) is 2.74. The van der Waals surface area contributed by atoms with E-state index in [-0.39, 0.29) is 5.92 Å². The van der Waals surface area contributed by atoms with Crippen LogP contribution in [0.15, 0.2) is 0 Å². The monoisotopic (exact) mass is 214 g/mol.